The molecule has 1 aromatic carbocycles. The number of carbonyl (C=O) groups is 2. The van der Waals surface area contributed by atoms with Crippen molar-refractivity contribution in [2.24, 2.45) is 0 Å². The Morgan fingerprint density at radius 1 is 1.14 bits per heavy atom. The summed E-state index contributed by atoms with van der Waals surface area (Å²) in [5.74, 6) is -0.432. The Morgan fingerprint density at radius 3 is 2.36 bits per heavy atom. The van der Waals surface area contributed by atoms with E-state index < -0.39 is 5.54 Å². The highest BCUT2D eigenvalue weighted by Crippen LogP contribution is 2.13. The standard InChI is InChI=1S/C16H18N2O4/c1-16(2,10-19)18-14(20)11-5-7-12(8-6-11)17-15(21)13-4-3-9-22-13/h3-9,19H,10H2,1-2H3,(H,17,21)(H,18,20). The Bertz CT molecular complexity index is 645. The van der Waals surface area contributed by atoms with Gasteiger partial charge in [0.25, 0.3) is 11.8 Å². The average Bonchev–Trinajstić information content (AvgIpc) is 3.02. The lowest BCUT2D eigenvalue weighted by Crippen LogP contribution is -2.46. The summed E-state index contributed by atoms with van der Waals surface area (Å²) < 4.78 is 5.00. The number of hydrogen-bond donors (Lipinski definition) is 3. The molecule has 0 radical (unpaired) electrons. The number of aliphatic hydroxyl groups is 1. The number of nitrogens with one attached hydrogen (secondary N) is 2. The average molecular weight is 302 g/mol. The number of furan rings is 1. The molecule has 2 amide bonds. The molecule has 0 aliphatic carbocycles. The molecular weight excluding hydrogens is 284 g/mol. The highest BCUT2D eigenvalue weighted by atomic mass is 16.3. The largest absolute Gasteiger partial charge is 0.459 e. The van der Waals surface area contributed by atoms with E-state index in [1.54, 1.807) is 50.2 Å². The molecule has 0 spiro atoms. The van der Waals surface area contributed by atoms with E-state index in [1.807, 2.05) is 0 Å². The van der Waals surface area contributed by atoms with Crippen molar-refractivity contribution in [3.8, 4) is 0 Å². The predicted octanol–water partition coefficient (Wildman–Crippen LogP) is 2.03. The summed E-state index contributed by atoms with van der Waals surface area (Å²) in [7, 11) is 0. The summed E-state index contributed by atoms with van der Waals surface area (Å²) in [5.41, 5.74) is 0.306. The zero-order chi connectivity index (χ0) is 16.2. The predicted molar refractivity (Wildman–Crippen MR) is 81.7 cm³/mol. The van der Waals surface area contributed by atoms with Gasteiger partial charge in [0.15, 0.2) is 5.76 Å². The van der Waals surface area contributed by atoms with Crippen molar-refractivity contribution in [3.63, 3.8) is 0 Å². The van der Waals surface area contributed by atoms with Gasteiger partial charge in [-0.25, -0.2) is 0 Å². The molecule has 0 saturated carbocycles. The van der Waals surface area contributed by atoms with E-state index in [0.29, 0.717) is 11.3 Å². The van der Waals surface area contributed by atoms with Crippen LogP contribution < -0.4 is 10.6 Å². The van der Waals surface area contributed by atoms with Crippen molar-refractivity contribution in [3.05, 3.63) is 54.0 Å². The summed E-state index contributed by atoms with van der Waals surface area (Å²) in [4.78, 5) is 23.8. The minimum atomic E-state index is -0.691. The molecule has 0 saturated heterocycles. The second kappa shape index (κ2) is 6.44. The van der Waals surface area contributed by atoms with Gasteiger partial charge >= 0.3 is 0 Å². The molecule has 6 heteroatoms. The first-order valence-electron chi connectivity index (χ1n) is 6.79. The number of anilines is 1. The molecule has 2 rings (SSSR count). The number of rotatable bonds is 5. The van der Waals surface area contributed by atoms with Crippen LogP contribution >= 0.6 is 0 Å². The summed E-state index contributed by atoms with van der Waals surface area (Å²) in [6.45, 7) is 3.29. The van der Waals surface area contributed by atoms with E-state index in [-0.39, 0.29) is 24.2 Å². The third kappa shape index (κ3) is 3.95. The van der Waals surface area contributed by atoms with Gasteiger partial charge in [0.2, 0.25) is 0 Å². The maximum atomic E-state index is 12.0. The minimum Gasteiger partial charge on any atom is -0.459 e. The first-order valence-corrected chi connectivity index (χ1v) is 6.79. The second-order valence-corrected chi connectivity index (χ2v) is 5.50. The van der Waals surface area contributed by atoms with Gasteiger partial charge in [-0.2, -0.15) is 0 Å². The van der Waals surface area contributed by atoms with Gasteiger partial charge in [-0.15, -0.1) is 0 Å². The number of aliphatic hydroxyl groups excluding tert-OH is 1. The van der Waals surface area contributed by atoms with Crippen molar-refractivity contribution in [1.82, 2.24) is 5.32 Å². The zero-order valence-electron chi connectivity index (χ0n) is 12.4. The molecule has 2 aromatic rings. The minimum absolute atomic E-state index is 0.157. The quantitative estimate of drug-likeness (QED) is 0.788. The molecule has 0 aliphatic rings. The smallest absolute Gasteiger partial charge is 0.291 e. The summed E-state index contributed by atoms with van der Waals surface area (Å²) in [5, 5.41) is 14.5. The van der Waals surface area contributed by atoms with E-state index in [0.717, 1.165) is 0 Å². The molecular formula is C16H18N2O4. The highest BCUT2D eigenvalue weighted by molar-refractivity contribution is 6.02. The van der Waals surface area contributed by atoms with Crippen LogP contribution in [0, 0.1) is 0 Å². The van der Waals surface area contributed by atoms with Crippen LogP contribution in [0.5, 0.6) is 0 Å². The van der Waals surface area contributed by atoms with Gasteiger partial charge in [0, 0.05) is 11.3 Å². The van der Waals surface area contributed by atoms with Gasteiger partial charge in [-0.1, -0.05) is 0 Å². The van der Waals surface area contributed by atoms with Crippen molar-refractivity contribution < 1.29 is 19.1 Å². The molecule has 0 atom stereocenters. The normalized spacial score (nSPS) is 11.0. The Hall–Kier alpha value is -2.60. The Morgan fingerprint density at radius 2 is 1.82 bits per heavy atom. The van der Waals surface area contributed by atoms with Gasteiger partial charge in [0.05, 0.1) is 18.4 Å². The Kier molecular flexibility index (Phi) is 4.62. The van der Waals surface area contributed by atoms with E-state index in [4.69, 9.17) is 9.52 Å². The third-order valence-electron chi connectivity index (χ3n) is 3.00. The molecule has 3 N–H and O–H groups in total. The first-order chi connectivity index (χ1) is 10.4. The summed E-state index contributed by atoms with van der Waals surface area (Å²) in [6.07, 6.45) is 1.42. The van der Waals surface area contributed by atoms with Crippen molar-refractivity contribution >= 4 is 17.5 Å². The van der Waals surface area contributed by atoms with Crippen molar-refractivity contribution in [2.45, 2.75) is 19.4 Å². The molecule has 22 heavy (non-hydrogen) atoms. The van der Waals surface area contributed by atoms with Crippen LogP contribution in [0.4, 0.5) is 5.69 Å². The van der Waals surface area contributed by atoms with Crippen molar-refractivity contribution in [1.29, 1.82) is 0 Å². The molecule has 116 valence electrons. The lowest BCUT2D eigenvalue weighted by Gasteiger charge is -2.23. The fourth-order valence-electron chi connectivity index (χ4n) is 1.72. The fraction of sp³-hybridized carbons (Fsp3) is 0.250. The number of carbonyl (C=O) groups excluding carboxylic acids is 2. The molecule has 6 nitrogen and oxygen atoms in total. The summed E-state index contributed by atoms with van der Waals surface area (Å²) >= 11 is 0. The van der Waals surface area contributed by atoms with Gasteiger partial charge < -0.3 is 20.2 Å². The van der Waals surface area contributed by atoms with Crippen LogP contribution in [-0.2, 0) is 0 Å². The van der Waals surface area contributed by atoms with E-state index in [1.165, 1.54) is 6.26 Å². The maximum absolute atomic E-state index is 12.0. The summed E-state index contributed by atoms with van der Waals surface area (Å²) in [6, 6.07) is 9.64. The van der Waals surface area contributed by atoms with Gasteiger partial charge in [-0.05, 0) is 50.2 Å². The lowest BCUT2D eigenvalue weighted by atomic mass is 10.1. The Balaban J connectivity index is 2.01. The van der Waals surface area contributed by atoms with Gasteiger partial charge in [0.1, 0.15) is 0 Å². The van der Waals surface area contributed by atoms with Crippen LogP contribution in [0.15, 0.2) is 47.1 Å². The monoisotopic (exact) mass is 302 g/mol. The van der Waals surface area contributed by atoms with E-state index in [9.17, 15) is 9.59 Å². The number of hydrogen-bond acceptors (Lipinski definition) is 4. The molecule has 1 heterocycles. The molecule has 0 aliphatic heterocycles. The lowest BCUT2D eigenvalue weighted by molar-refractivity contribution is 0.0869. The topological polar surface area (TPSA) is 91.6 Å². The molecule has 0 unspecified atom stereocenters. The Labute approximate surface area is 128 Å². The van der Waals surface area contributed by atoms with Crippen molar-refractivity contribution in [2.75, 3.05) is 11.9 Å². The molecule has 0 bridgehead atoms. The van der Waals surface area contributed by atoms with E-state index >= 15 is 0 Å². The molecule has 1 aromatic heterocycles. The van der Waals surface area contributed by atoms with E-state index in [2.05, 4.69) is 10.6 Å². The number of amides is 2. The zero-order valence-corrected chi connectivity index (χ0v) is 12.4. The fourth-order valence-corrected chi connectivity index (χ4v) is 1.72. The van der Waals surface area contributed by atoms with Crippen LogP contribution in [0.3, 0.4) is 0 Å². The SMILES string of the molecule is CC(C)(CO)NC(=O)c1ccc(NC(=O)c2ccco2)cc1. The molecule has 0 fully saturated rings. The van der Waals surface area contributed by atoms with Gasteiger partial charge in [-0.3, -0.25) is 9.59 Å². The van der Waals surface area contributed by atoms with Crippen LogP contribution in [-0.4, -0.2) is 29.1 Å². The third-order valence-corrected chi connectivity index (χ3v) is 3.00. The second-order valence-electron chi connectivity index (χ2n) is 5.50. The van der Waals surface area contributed by atoms with Crippen LogP contribution in [0.2, 0.25) is 0 Å². The maximum Gasteiger partial charge on any atom is 0.291 e. The first kappa shape index (κ1) is 15.8. The van der Waals surface area contributed by atoms with Crippen LogP contribution in [0.25, 0.3) is 0 Å². The van der Waals surface area contributed by atoms with Crippen LogP contribution in [0.1, 0.15) is 34.8 Å². The number of benzene rings is 1. The highest BCUT2D eigenvalue weighted by Gasteiger charge is 2.20.